The molecule has 2 heterocycles. The number of amides is 1. The van der Waals surface area contributed by atoms with Gasteiger partial charge in [-0.2, -0.15) is 0 Å². The first-order chi connectivity index (χ1) is 10.2. The summed E-state index contributed by atoms with van der Waals surface area (Å²) in [6, 6.07) is 6.35. The minimum absolute atomic E-state index is 0.0727. The van der Waals surface area contributed by atoms with Crippen LogP contribution in [0.5, 0.6) is 0 Å². The fourth-order valence-electron chi connectivity index (χ4n) is 3.21. The van der Waals surface area contributed by atoms with Gasteiger partial charge in [-0.3, -0.25) is 10.1 Å². The molecule has 0 bridgehead atoms. The lowest BCUT2D eigenvalue weighted by atomic mass is 10.1. The molecule has 1 N–H and O–H groups in total. The molecule has 0 spiro atoms. The lowest BCUT2D eigenvalue weighted by molar-refractivity contribution is -0.135. The molecular weight excluding hydrogens is 271 g/mol. The van der Waals surface area contributed by atoms with Gasteiger partial charge in [-0.15, -0.1) is 0 Å². The minimum atomic E-state index is -0.276. The molecule has 0 aromatic heterocycles. The van der Waals surface area contributed by atoms with Crippen molar-refractivity contribution in [2.24, 2.45) is 0 Å². The fraction of sp³-hybridized carbons (Fsp3) is 0.562. The van der Waals surface area contributed by atoms with Crippen LogP contribution in [-0.2, 0) is 9.53 Å². The quantitative estimate of drug-likeness (QED) is 0.929. The third-order valence-electron chi connectivity index (χ3n) is 4.29. The third-order valence-corrected chi connectivity index (χ3v) is 4.29. The highest BCUT2D eigenvalue weighted by Gasteiger charge is 2.42. The van der Waals surface area contributed by atoms with Crippen LogP contribution in [0.3, 0.4) is 0 Å². The van der Waals surface area contributed by atoms with Gasteiger partial charge in [-0.05, 0) is 37.0 Å². The van der Waals surface area contributed by atoms with E-state index in [0.717, 1.165) is 31.4 Å². The van der Waals surface area contributed by atoms with Gasteiger partial charge in [-0.25, -0.2) is 4.39 Å². The van der Waals surface area contributed by atoms with Crippen LogP contribution in [0.4, 0.5) is 4.39 Å². The van der Waals surface area contributed by atoms with Gasteiger partial charge in [-0.1, -0.05) is 19.1 Å². The van der Waals surface area contributed by atoms with E-state index < -0.39 is 0 Å². The van der Waals surface area contributed by atoms with Crippen molar-refractivity contribution in [3.05, 3.63) is 35.6 Å². The SMILES string of the molecule is CCC1NC(c2cccc(F)c2)N(C2CCCOC2)C1=O. The first-order valence-electron chi connectivity index (χ1n) is 7.62. The van der Waals surface area contributed by atoms with E-state index in [1.54, 1.807) is 6.07 Å². The van der Waals surface area contributed by atoms with Crippen molar-refractivity contribution in [2.75, 3.05) is 13.2 Å². The Morgan fingerprint density at radius 3 is 3.00 bits per heavy atom. The maximum Gasteiger partial charge on any atom is 0.241 e. The predicted molar refractivity (Wildman–Crippen MR) is 77.0 cm³/mol. The predicted octanol–water partition coefficient (Wildman–Crippen LogP) is 2.21. The second-order valence-electron chi connectivity index (χ2n) is 5.70. The van der Waals surface area contributed by atoms with Crippen LogP contribution in [0.2, 0.25) is 0 Å². The lowest BCUT2D eigenvalue weighted by Crippen LogP contribution is -2.44. The number of rotatable bonds is 3. The molecule has 21 heavy (non-hydrogen) atoms. The topological polar surface area (TPSA) is 41.6 Å². The van der Waals surface area contributed by atoms with Crippen molar-refractivity contribution in [1.29, 1.82) is 0 Å². The smallest absolute Gasteiger partial charge is 0.241 e. The van der Waals surface area contributed by atoms with Crippen LogP contribution in [0.25, 0.3) is 0 Å². The highest BCUT2D eigenvalue weighted by atomic mass is 19.1. The second kappa shape index (κ2) is 6.12. The zero-order valence-corrected chi connectivity index (χ0v) is 12.2. The molecule has 1 aromatic carbocycles. The number of hydrogen-bond acceptors (Lipinski definition) is 3. The highest BCUT2D eigenvalue weighted by molar-refractivity contribution is 5.84. The first-order valence-corrected chi connectivity index (χ1v) is 7.62. The van der Waals surface area contributed by atoms with E-state index in [4.69, 9.17) is 4.74 Å². The second-order valence-corrected chi connectivity index (χ2v) is 5.70. The standard InChI is InChI=1S/C16H21FN2O2/c1-2-14-16(20)19(13-7-4-8-21-10-13)15(18-14)11-5-3-6-12(17)9-11/h3,5-6,9,13-15,18H,2,4,7-8,10H2,1H3. The largest absolute Gasteiger partial charge is 0.379 e. The van der Waals surface area contributed by atoms with Crippen LogP contribution in [0.1, 0.15) is 37.9 Å². The van der Waals surface area contributed by atoms with E-state index in [9.17, 15) is 9.18 Å². The average Bonchev–Trinajstić information content (AvgIpc) is 2.85. The van der Waals surface area contributed by atoms with Crippen LogP contribution >= 0.6 is 0 Å². The zero-order chi connectivity index (χ0) is 14.8. The molecule has 2 fully saturated rings. The summed E-state index contributed by atoms with van der Waals surface area (Å²) >= 11 is 0. The van der Waals surface area contributed by atoms with E-state index in [2.05, 4.69) is 5.32 Å². The monoisotopic (exact) mass is 292 g/mol. The third kappa shape index (κ3) is 2.80. The molecule has 2 aliphatic rings. The molecule has 3 unspecified atom stereocenters. The normalized spacial score (nSPS) is 29.9. The summed E-state index contributed by atoms with van der Waals surface area (Å²) in [5, 5.41) is 3.34. The summed E-state index contributed by atoms with van der Waals surface area (Å²) in [4.78, 5) is 14.5. The summed E-state index contributed by atoms with van der Waals surface area (Å²) in [7, 11) is 0. The molecule has 4 nitrogen and oxygen atoms in total. The Kier molecular flexibility index (Phi) is 4.22. The summed E-state index contributed by atoms with van der Waals surface area (Å²) in [5.41, 5.74) is 0.796. The van der Waals surface area contributed by atoms with E-state index in [1.165, 1.54) is 12.1 Å². The number of ether oxygens (including phenoxy) is 1. The Balaban J connectivity index is 1.90. The maximum atomic E-state index is 13.5. The van der Waals surface area contributed by atoms with Gasteiger partial charge in [0.05, 0.1) is 18.7 Å². The van der Waals surface area contributed by atoms with E-state index >= 15 is 0 Å². The van der Waals surface area contributed by atoms with Gasteiger partial charge < -0.3 is 9.64 Å². The molecule has 1 amide bonds. The van der Waals surface area contributed by atoms with Gasteiger partial charge in [0, 0.05) is 6.61 Å². The Bertz CT molecular complexity index is 517. The molecule has 2 saturated heterocycles. The molecule has 0 radical (unpaired) electrons. The maximum absolute atomic E-state index is 13.5. The Morgan fingerprint density at radius 1 is 1.48 bits per heavy atom. The van der Waals surface area contributed by atoms with E-state index in [1.807, 2.05) is 17.9 Å². The Labute approximate surface area is 124 Å². The summed E-state index contributed by atoms with van der Waals surface area (Å²) in [6.07, 6.45) is 2.37. The average molecular weight is 292 g/mol. The molecule has 2 aliphatic heterocycles. The van der Waals surface area contributed by atoms with Crippen LogP contribution < -0.4 is 5.32 Å². The molecule has 114 valence electrons. The fourth-order valence-corrected chi connectivity index (χ4v) is 3.21. The van der Waals surface area contributed by atoms with Gasteiger partial charge in [0.2, 0.25) is 5.91 Å². The Morgan fingerprint density at radius 2 is 2.33 bits per heavy atom. The molecule has 0 aliphatic carbocycles. The summed E-state index contributed by atoms with van der Waals surface area (Å²) in [6.45, 7) is 3.31. The van der Waals surface area contributed by atoms with Gasteiger partial charge in [0.25, 0.3) is 0 Å². The molecule has 3 atom stereocenters. The van der Waals surface area contributed by atoms with Crippen LogP contribution in [-0.4, -0.2) is 36.1 Å². The molecular formula is C16H21FN2O2. The molecule has 0 saturated carbocycles. The van der Waals surface area contributed by atoms with Crippen molar-refractivity contribution in [3.8, 4) is 0 Å². The van der Waals surface area contributed by atoms with Crippen LogP contribution in [0.15, 0.2) is 24.3 Å². The van der Waals surface area contributed by atoms with Gasteiger partial charge in [0.15, 0.2) is 0 Å². The zero-order valence-electron chi connectivity index (χ0n) is 12.2. The first kappa shape index (κ1) is 14.5. The minimum Gasteiger partial charge on any atom is -0.379 e. The summed E-state index contributed by atoms with van der Waals surface area (Å²) in [5.74, 6) is -0.177. The van der Waals surface area contributed by atoms with Crippen molar-refractivity contribution in [1.82, 2.24) is 10.2 Å². The number of benzene rings is 1. The van der Waals surface area contributed by atoms with Gasteiger partial charge in [0.1, 0.15) is 12.0 Å². The van der Waals surface area contributed by atoms with Crippen molar-refractivity contribution in [3.63, 3.8) is 0 Å². The van der Waals surface area contributed by atoms with Crippen molar-refractivity contribution >= 4 is 5.91 Å². The van der Waals surface area contributed by atoms with Crippen molar-refractivity contribution < 1.29 is 13.9 Å². The molecule has 1 aromatic rings. The number of nitrogens with zero attached hydrogens (tertiary/aromatic N) is 1. The lowest BCUT2D eigenvalue weighted by Gasteiger charge is -2.35. The number of hydrogen-bond donors (Lipinski definition) is 1. The number of nitrogens with one attached hydrogen (secondary N) is 1. The van der Waals surface area contributed by atoms with Crippen molar-refractivity contribution in [2.45, 2.75) is 44.4 Å². The molecule has 3 rings (SSSR count). The summed E-state index contributed by atoms with van der Waals surface area (Å²) < 4.78 is 19.0. The van der Waals surface area contributed by atoms with Crippen LogP contribution in [0, 0.1) is 5.82 Å². The van der Waals surface area contributed by atoms with Gasteiger partial charge >= 0.3 is 0 Å². The molecule has 5 heteroatoms. The number of carbonyl (C=O) groups excluding carboxylic acids is 1. The number of carbonyl (C=O) groups is 1. The Hall–Kier alpha value is -1.46. The van der Waals surface area contributed by atoms with E-state index in [-0.39, 0.29) is 30.0 Å². The number of halogens is 1. The highest BCUT2D eigenvalue weighted by Crippen LogP contribution is 2.31. The van der Waals surface area contributed by atoms with E-state index in [0.29, 0.717) is 6.61 Å².